The van der Waals surface area contributed by atoms with E-state index in [0.717, 1.165) is 31.8 Å². The van der Waals surface area contributed by atoms with Crippen LogP contribution in [0.5, 0.6) is 0 Å². The molecule has 1 saturated heterocycles. The summed E-state index contributed by atoms with van der Waals surface area (Å²) in [5, 5.41) is 0. The molecule has 116 valence electrons. The molecule has 1 heterocycles. The Morgan fingerprint density at radius 1 is 1.14 bits per heavy atom. The molecule has 0 aromatic heterocycles. The number of esters is 3. The fraction of sp³-hybridized carbons (Fsp3) is 0.667. The van der Waals surface area contributed by atoms with Gasteiger partial charge in [0.2, 0.25) is 6.29 Å². The van der Waals surface area contributed by atoms with Gasteiger partial charge in [-0.25, -0.2) is 9.59 Å². The second-order valence-corrected chi connectivity index (χ2v) is 5.39. The van der Waals surface area contributed by atoms with Crippen molar-refractivity contribution in [2.24, 2.45) is 0 Å². The van der Waals surface area contributed by atoms with E-state index in [1.165, 1.54) is 13.3 Å². The van der Waals surface area contributed by atoms with Gasteiger partial charge in [0.05, 0.1) is 6.42 Å². The van der Waals surface area contributed by atoms with Gasteiger partial charge in [0, 0.05) is 18.1 Å². The Kier molecular flexibility index (Phi) is 5.36. The Bertz CT molecular complexity index is 447. The highest BCUT2D eigenvalue weighted by molar-refractivity contribution is 5.96. The summed E-state index contributed by atoms with van der Waals surface area (Å²) in [7, 11) is 0. The van der Waals surface area contributed by atoms with E-state index in [2.05, 4.69) is 0 Å². The Labute approximate surface area is 123 Å². The van der Waals surface area contributed by atoms with E-state index in [1.807, 2.05) is 0 Å². The first kappa shape index (κ1) is 15.5. The van der Waals surface area contributed by atoms with Gasteiger partial charge < -0.3 is 14.2 Å². The van der Waals surface area contributed by atoms with Crippen LogP contribution < -0.4 is 0 Å². The van der Waals surface area contributed by atoms with Gasteiger partial charge >= 0.3 is 17.9 Å². The first-order valence-electron chi connectivity index (χ1n) is 7.34. The molecule has 0 bridgehead atoms. The lowest BCUT2D eigenvalue weighted by Crippen LogP contribution is -2.21. The molecule has 21 heavy (non-hydrogen) atoms. The van der Waals surface area contributed by atoms with Gasteiger partial charge in [-0.3, -0.25) is 4.79 Å². The largest absolute Gasteiger partial charge is 0.459 e. The fourth-order valence-electron chi connectivity index (χ4n) is 2.41. The predicted octanol–water partition coefficient (Wildman–Crippen LogP) is 2.01. The average molecular weight is 296 g/mol. The maximum absolute atomic E-state index is 11.7. The summed E-state index contributed by atoms with van der Waals surface area (Å²) in [5.74, 6) is -1.58. The number of carbonyl (C=O) groups excluding carboxylic acids is 3. The first-order chi connectivity index (χ1) is 10.0. The molecular formula is C15H20O6. The summed E-state index contributed by atoms with van der Waals surface area (Å²) in [6, 6.07) is 0. The lowest BCUT2D eigenvalue weighted by Gasteiger charge is -2.21. The van der Waals surface area contributed by atoms with Crippen molar-refractivity contribution in [2.45, 2.75) is 64.3 Å². The molecule has 1 atom stereocenters. The van der Waals surface area contributed by atoms with Crippen LogP contribution in [0.3, 0.4) is 0 Å². The van der Waals surface area contributed by atoms with Crippen molar-refractivity contribution in [2.75, 3.05) is 0 Å². The number of cyclic esters (lactones) is 1. The summed E-state index contributed by atoms with van der Waals surface area (Å²) in [5.41, 5.74) is 0.138. The Morgan fingerprint density at radius 2 is 1.86 bits per heavy atom. The quantitative estimate of drug-likeness (QED) is 0.583. The van der Waals surface area contributed by atoms with E-state index in [-0.39, 0.29) is 24.1 Å². The number of ether oxygens (including phenoxy) is 3. The summed E-state index contributed by atoms with van der Waals surface area (Å²) < 4.78 is 15.1. The summed E-state index contributed by atoms with van der Waals surface area (Å²) >= 11 is 0. The van der Waals surface area contributed by atoms with Crippen LogP contribution in [0.15, 0.2) is 11.6 Å². The topological polar surface area (TPSA) is 78.9 Å². The van der Waals surface area contributed by atoms with E-state index in [1.54, 1.807) is 0 Å². The molecule has 6 nitrogen and oxygen atoms in total. The lowest BCUT2D eigenvalue weighted by atomic mass is 9.98. The standard InChI is InChI=1S/C15H20O6/c1-10(15(18)21-14-8-7-12(16)20-14)9-13(17)19-11-5-3-2-4-6-11/h9,11,14H,2-8H2,1H3. The van der Waals surface area contributed by atoms with Crippen LogP contribution in [-0.2, 0) is 28.6 Å². The molecule has 1 aliphatic carbocycles. The number of hydrogen-bond donors (Lipinski definition) is 0. The smallest absolute Gasteiger partial charge is 0.337 e. The summed E-state index contributed by atoms with van der Waals surface area (Å²) in [4.78, 5) is 34.4. The Hall–Kier alpha value is -1.85. The van der Waals surface area contributed by atoms with Crippen molar-refractivity contribution in [1.29, 1.82) is 0 Å². The maximum atomic E-state index is 11.7. The van der Waals surface area contributed by atoms with Crippen molar-refractivity contribution in [3.63, 3.8) is 0 Å². The molecule has 2 fully saturated rings. The van der Waals surface area contributed by atoms with Crippen LogP contribution in [0, 0.1) is 0 Å². The molecule has 2 rings (SSSR count). The highest BCUT2D eigenvalue weighted by atomic mass is 16.7. The minimum atomic E-state index is -0.845. The molecule has 1 saturated carbocycles. The van der Waals surface area contributed by atoms with Crippen LogP contribution in [0.2, 0.25) is 0 Å². The van der Waals surface area contributed by atoms with Crippen LogP contribution in [0.25, 0.3) is 0 Å². The second kappa shape index (κ2) is 7.24. The van der Waals surface area contributed by atoms with Gasteiger partial charge in [-0.15, -0.1) is 0 Å². The van der Waals surface area contributed by atoms with Crippen molar-refractivity contribution < 1.29 is 28.6 Å². The molecule has 0 amide bonds. The van der Waals surface area contributed by atoms with Gasteiger partial charge in [-0.2, -0.15) is 0 Å². The van der Waals surface area contributed by atoms with Gasteiger partial charge in [-0.1, -0.05) is 6.42 Å². The van der Waals surface area contributed by atoms with E-state index in [9.17, 15) is 14.4 Å². The van der Waals surface area contributed by atoms with Crippen LogP contribution in [0.4, 0.5) is 0 Å². The zero-order valence-electron chi connectivity index (χ0n) is 12.1. The SMILES string of the molecule is CC(=CC(=O)OC1CCCCC1)C(=O)OC1CCC(=O)O1. The summed E-state index contributed by atoms with van der Waals surface area (Å²) in [6.07, 6.45) is 5.88. The molecule has 1 aliphatic heterocycles. The molecule has 1 unspecified atom stereocenters. The highest BCUT2D eigenvalue weighted by Crippen LogP contribution is 2.21. The molecule has 0 spiro atoms. The predicted molar refractivity (Wildman–Crippen MR) is 71.9 cm³/mol. The van der Waals surface area contributed by atoms with E-state index >= 15 is 0 Å². The molecule has 6 heteroatoms. The monoisotopic (exact) mass is 296 g/mol. The van der Waals surface area contributed by atoms with Crippen molar-refractivity contribution in [3.8, 4) is 0 Å². The molecule has 0 N–H and O–H groups in total. The molecule has 0 aromatic rings. The molecule has 0 radical (unpaired) electrons. The second-order valence-electron chi connectivity index (χ2n) is 5.39. The van der Waals surface area contributed by atoms with Gasteiger partial charge in [0.15, 0.2) is 0 Å². The van der Waals surface area contributed by atoms with Crippen LogP contribution in [-0.4, -0.2) is 30.3 Å². The number of carbonyl (C=O) groups is 3. The molecule has 0 aromatic carbocycles. The van der Waals surface area contributed by atoms with E-state index in [4.69, 9.17) is 14.2 Å². The van der Waals surface area contributed by atoms with Crippen LogP contribution in [0.1, 0.15) is 51.9 Å². The van der Waals surface area contributed by atoms with E-state index in [0.29, 0.717) is 6.42 Å². The van der Waals surface area contributed by atoms with Gasteiger partial charge in [0.1, 0.15) is 6.10 Å². The van der Waals surface area contributed by atoms with Gasteiger partial charge in [-0.05, 0) is 32.6 Å². The highest BCUT2D eigenvalue weighted by Gasteiger charge is 2.27. The number of hydrogen-bond acceptors (Lipinski definition) is 6. The Morgan fingerprint density at radius 3 is 2.48 bits per heavy atom. The van der Waals surface area contributed by atoms with Crippen molar-refractivity contribution in [3.05, 3.63) is 11.6 Å². The summed E-state index contributed by atoms with van der Waals surface area (Å²) in [6.45, 7) is 1.47. The number of rotatable bonds is 4. The molecular weight excluding hydrogens is 276 g/mol. The van der Waals surface area contributed by atoms with Gasteiger partial charge in [0.25, 0.3) is 0 Å². The zero-order chi connectivity index (χ0) is 15.2. The zero-order valence-corrected chi connectivity index (χ0v) is 12.1. The average Bonchev–Trinajstić information content (AvgIpc) is 2.85. The third-order valence-corrected chi connectivity index (χ3v) is 3.58. The minimum Gasteiger partial charge on any atom is -0.459 e. The van der Waals surface area contributed by atoms with Crippen LogP contribution >= 0.6 is 0 Å². The first-order valence-corrected chi connectivity index (χ1v) is 7.34. The fourth-order valence-corrected chi connectivity index (χ4v) is 2.41. The normalized spacial score (nSPS) is 23.6. The molecule has 2 aliphatic rings. The van der Waals surface area contributed by atoms with Crippen molar-refractivity contribution >= 4 is 17.9 Å². The van der Waals surface area contributed by atoms with Crippen molar-refractivity contribution in [1.82, 2.24) is 0 Å². The third-order valence-electron chi connectivity index (χ3n) is 3.58. The Balaban J connectivity index is 1.79. The third kappa shape index (κ3) is 4.88. The van der Waals surface area contributed by atoms with E-state index < -0.39 is 18.2 Å². The maximum Gasteiger partial charge on any atom is 0.337 e. The lowest BCUT2D eigenvalue weighted by molar-refractivity contribution is -0.173. The minimum absolute atomic E-state index is 0.0536.